The van der Waals surface area contributed by atoms with Gasteiger partial charge in [0.25, 0.3) is 0 Å². The third-order valence-electron chi connectivity index (χ3n) is 3.05. The fourth-order valence-electron chi connectivity index (χ4n) is 1.98. The molecule has 0 atom stereocenters. The zero-order chi connectivity index (χ0) is 17.5. The molecule has 124 valence electrons. The van der Waals surface area contributed by atoms with Crippen LogP contribution in [0.5, 0.6) is 0 Å². The molecule has 2 N–H and O–H groups in total. The third-order valence-corrected chi connectivity index (χ3v) is 4.08. The highest BCUT2D eigenvalue weighted by Crippen LogP contribution is 2.33. The van der Waals surface area contributed by atoms with Gasteiger partial charge in [-0.2, -0.15) is 18.3 Å². The summed E-state index contributed by atoms with van der Waals surface area (Å²) in [7, 11) is 0. The Morgan fingerprint density at radius 1 is 1.33 bits per heavy atom. The second-order valence-corrected chi connectivity index (χ2v) is 5.60. The standard InChI is InChI=1S/C13H7F3N4O3S/c14-13(15,16)6-1-2-7-9(5-6)24-12(18-7)11(19-17)8-3-4-10(23-8)20(21)22/h1-5H,17H2. The predicted molar refractivity (Wildman–Crippen MR) is 79.8 cm³/mol. The van der Waals surface area contributed by atoms with Crippen molar-refractivity contribution >= 4 is 33.1 Å². The molecule has 0 aliphatic heterocycles. The number of halogens is 3. The SMILES string of the molecule is NN=C(c1ccc([N+](=O)[O-])o1)c1nc2ccc(C(F)(F)F)cc2s1. The van der Waals surface area contributed by atoms with E-state index in [0.29, 0.717) is 5.52 Å². The summed E-state index contributed by atoms with van der Waals surface area (Å²) < 4.78 is 43.5. The molecule has 0 unspecified atom stereocenters. The lowest BCUT2D eigenvalue weighted by atomic mass is 10.2. The summed E-state index contributed by atoms with van der Waals surface area (Å²) in [6.45, 7) is 0. The van der Waals surface area contributed by atoms with Crippen molar-refractivity contribution in [2.24, 2.45) is 10.9 Å². The number of nitrogens with two attached hydrogens (primary N) is 1. The van der Waals surface area contributed by atoms with Gasteiger partial charge >= 0.3 is 12.1 Å². The minimum Gasteiger partial charge on any atom is -0.399 e. The van der Waals surface area contributed by atoms with Crippen LogP contribution >= 0.6 is 11.3 Å². The van der Waals surface area contributed by atoms with E-state index in [1.165, 1.54) is 12.1 Å². The van der Waals surface area contributed by atoms with Gasteiger partial charge in [-0.25, -0.2) is 4.98 Å². The summed E-state index contributed by atoms with van der Waals surface area (Å²) in [4.78, 5) is 14.1. The molecule has 3 aromatic rings. The highest BCUT2D eigenvalue weighted by atomic mass is 32.1. The molecule has 0 spiro atoms. The number of alkyl halides is 3. The van der Waals surface area contributed by atoms with Crippen molar-refractivity contribution < 1.29 is 22.5 Å². The van der Waals surface area contributed by atoms with Crippen molar-refractivity contribution in [2.75, 3.05) is 0 Å². The number of furan rings is 1. The zero-order valence-electron chi connectivity index (χ0n) is 11.6. The number of hydrogen-bond acceptors (Lipinski definition) is 7. The maximum atomic E-state index is 12.8. The van der Waals surface area contributed by atoms with Gasteiger partial charge in [-0.3, -0.25) is 10.1 Å². The van der Waals surface area contributed by atoms with Crippen LogP contribution in [-0.4, -0.2) is 15.6 Å². The summed E-state index contributed by atoms with van der Waals surface area (Å²) in [6, 6.07) is 5.53. The van der Waals surface area contributed by atoms with E-state index in [2.05, 4.69) is 10.1 Å². The molecule has 11 heteroatoms. The van der Waals surface area contributed by atoms with Gasteiger partial charge in [0.1, 0.15) is 9.93 Å². The number of thiazole rings is 1. The van der Waals surface area contributed by atoms with E-state index in [1.807, 2.05) is 0 Å². The molecule has 7 nitrogen and oxygen atoms in total. The van der Waals surface area contributed by atoms with E-state index in [1.54, 1.807) is 0 Å². The van der Waals surface area contributed by atoms with Crippen molar-refractivity contribution in [3.63, 3.8) is 0 Å². The van der Waals surface area contributed by atoms with E-state index in [9.17, 15) is 23.3 Å². The van der Waals surface area contributed by atoms with Crippen LogP contribution < -0.4 is 5.84 Å². The Morgan fingerprint density at radius 2 is 2.08 bits per heavy atom. The highest BCUT2D eigenvalue weighted by Gasteiger charge is 2.31. The maximum absolute atomic E-state index is 12.8. The predicted octanol–water partition coefficient (Wildman–Crippen LogP) is 3.53. The first-order valence-corrected chi connectivity index (χ1v) is 7.12. The topological polar surface area (TPSA) is 108 Å². The van der Waals surface area contributed by atoms with E-state index in [0.717, 1.165) is 29.5 Å². The minimum absolute atomic E-state index is 0.000647. The fourth-order valence-corrected chi connectivity index (χ4v) is 2.99. The van der Waals surface area contributed by atoms with Gasteiger partial charge in [0.15, 0.2) is 11.5 Å². The lowest BCUT2D eigenvalue weighted by Crippen LogP contribution is -2.04. The van der Waals surface area contributed by atoms with Crippen LogP contribution in [0.2, 0.25) is 0 Å². The minimum atomic E-state index is -4.47. The van der Waals surface area contributed by atoms with Gasteiger partial charge in [0.05, 0.1) is 21.8 Å². The molecule has 2 heterocycles. The number of nitro groups is 1. The fraction of sp³-hybridized carbons (Fsp3) is 0.0769. The first kappa shape index (κ1) is 15.9. The number of aromatic nitrogens is 1. The monoisotopic (exact) mass is 356 g/mol. The molecule has 0 radical (unpaired) electrons. The average Bonchev–Trinajstić information content (AvgIpc) is 3.13. The number of hydrazone groups is 1. The number of rotatable bonds is 3. The van der Waals surface area contributed by atoms with Crippen LogP contribution in [0, 0.1) is 10.1 Å². The molecule has 0 fully saturated rings. The second kappa shape index (κ2) is 5.60. The Hall–Kier alpha value is -2.95. The number of nitrogens with zero attached hydrogens (tertiary/aromatic N) is 3. The van der Waals surface area contributed by atoms with Crippen LogP contribution in [0.3, 0.4) is 0 Å². The Morgan fingerprint density at radius 3 is 2.67 bits per heavy atom. The molecular formula is C13H7F3N4O3S. The van der Waals surface area contributed by atoms with E-state index < -0.39 is 22.5 Å². The lowest BCUT2D eigenvalue weighted by molar-refractivity contribution is -0.402. The normalized spacial score (nSPS) is 12.7. The molecule has 0 aliphatic rings. The van der Waals surface area contributed by atoms with Gasteiger partial charge in [0, 0.05) is 0 Å². The number of benzene rings is 1. The van der Waals surface area contributed by atoms with Gasteiger partial charge in [-0.15, -0.1) is 11.3 Å². The molecule has 24 heavy (non-hydrogen) atoms. The van der Waals surface area contributed by atoms with Crippen molar-refractivity contribution in [3.05, 3.63) is 56.8 Å². The average molecular weight is 356 g/mol. The molecule has 1 aromatic carbocycles. The van der Waals surface area contributed by atoms with Crippen molar-refractivity contribution in [1.82, 2.24) is 4.98 Å². The molecule has 0 saturated carbocycles. The van der Waals surface area contributed by atoms with E-state index >= 15 is 0 Å². The van der Waals surface area contributed by atoms with Gasteiger partial charge in [0.2, 0.25) is 0 Å². The van der Waals surface area contributed by atoms with Gasteiger partial charge in [-0.1, -0.05) is 0 Å². The number of fused-ring (bicyclic) bond motifs is 1. The molecule has 0 saturated heterocycles. The molecule has 3 rings (SSSR count). The largest absolute Gasteiger partial charge is 0.433 e. The summed E-state index contributed by atoms with van der Waals surface area (Å²) in [5, 5.41) is 14.3. The van der Waals surface area contributed by atoms with Crippen LogP contribution in [0.25, 0.3) is 10.2 Å². The summed E-state index contributed by atoms with van der Waals surface area (Å²) in [5.74, 6) is 4.78. The lowest BCUT2D eigenvalue weighted by Gasteiger charge is -2.04. The summed E-state index contributed by atoms with van der Waals surface area (Å²) in [6.07, 6.45) is -4.47. The Balaban J connectivity index is 2.05. The maximum Gasteiger partial charge on any atom is 0.433 e. The smallest absolute Gasteiger partial charge is 0.399 e. The Bertz CT molecular complexity index is 961. The molecule has 0 bridgehead atoms. The van der Waals surface area contributed by atoms with Crippen LogP contribution in [0.15, 0.2) is 39.9 Å². The van der Waals surface area contributed by atoms with Crippen LogP contribution in [0.4, 0.5) is 19.1 Å². The summed E-state index contributed by atoms with van der Waals surface area (Å²) >= 11 is 0.921. The van der Waals surface area contributed by atoms with Gasteiger partial charge in [-0.05, 0) is 24.3 Å². The summed E-state index contributed by atoms with van der Waals surface area (Å²) in [5.41, 5.74) is -0.465. The van der Waals surface area contributed by atoms with Crippen molar-refractivity contribution in [2.45, 2.75) is 6.18 Å². The van der Waals surface area contributed by atoms with Crippen molar-refractivity contribution in [3.8, 4) is 0 Å². The molecular weight excluding hydrogens is 349 g/mol. The van der Waals surface area contributed by atoms with Crippen molar-refractivity contribution in [1.29, 1.82) is 0 Å². The molecule has 0 aliphatic carbocycles. The Kier molecular flexibility index (Phi) is 3.72. The number of hydrogen-bond donors (Lipinski definition) is 1. The highest BCUT2D eigenvalue weighted by molar-refractivity contribution is 7.20. The van der Waals surface area contributed by atoms with E-state index in [4.69, 9.17) is 10.3 Å². The first-order chi connectivity index (χ1) is 11.3. The van der Waals surface area contributed by atoms with E-state index in [-0.39, 0.29) is 21.2 Å². The first-order valence-electron chi connectivity index (χ1n) is 6.30. The second-order valence-electron chi connectivity index (χ2n) is 4.57. The zero-order valence-corrected chi connectivity index (χ0v) is 12.4. The quantitative estimate of drug-likeness (QED) is 0.334. The van der Waals surface area contributed by atoms with Crippen LogP contribution in [-0.2, 0) is 6.18 Å². The van der Waals surface area contributed by atoms with Gasteiger partial charge < -0.3 is 10.3 Å². The molecule has 2 aromatic heterocycles. The molecule has 0 amide bonds. The third kappa shape index (κ3) is 2.80. The Labute approximate surface area is 135 Å². The van der Waals surface area contributed by atoms with Crippen LogP contribution in [0.1, 0.15) is 16.3 Å².